The van der Waals surface area contributed by atoms with E-state index in [0.29, 0.717) is 24.7 Å². The van der Waals surface area contributed by atoms with Crippen LogP contribution in [-0.2, 0) is 4.79 Å². The van der Waals surface area contributed by atoms with Gasteiger partial charge >= 0.3 is 0 Å². The van der Waals surface area contributed by atoms with Crippen LogP contribution in [0.1, 0.15) is 26.2 Å². The summed E-state index contributed by atoms with van der Waals surface area (Å²) in [5.41, 5.74) is 0. The second-order valence-corrected chi connectivity index (χ2v) is 3.33. The van der Waals surface area contributed by atoms with Crippen molar-refractivity contribution in [2.75, 3.05) is 13.1 Å². The average Bonchev–Trinajstić information content (AvgIpc) is 2.06. The van der Waals surface area contributed by atoms with Gasteiger partial charge in [0.15, 0.2) is 0 Å². The molecular formula is C10H15NO. The van der Waals surface area contributed by atoms with Gasteiger partial charge in [0.05, 0.1) is 0 Å². The number of rotatable bonds is 2. The Morgan fingerprint density at radius 2 is 2.17 bits per heavy atom. The van der Waals surface area contributed by atoms with E-state index in [0.717, 1.165) is 19.5 Å². The highest BCUT2D eigenvalue weighted by atomic mass is 16.1. The molecule has 0 aromatic heterocycles. The van der Waals surface area contributed by atoms with Crippen molar-refractivity contribution in [1.29, 1.82) is 0 Å². The molecule has 0 aromatic carbocycles. The van der Waals surface area contributed by atoms with E-state index < -0.39 is 0 Å². The summed E-state index contributed by atoms with van der Waals surface area (Å²) in [6, 6.07) is 0.433. The Balaban J connectivity index is 2.34. The molecule has 1 aliphatic rings. The highest BCUT2D eigenvalue weighted by molar-refractivity contribution is 5.79. The molecule has 0 amide bonds. The fourth-order valence-electron chi connectivity index (χ4n) is 1.51. The first kappa shape index (κ1) is 9.28. The molecule has 0 radical (unpaired) electrons. The smallest absolute Gasteiger partial charge is 0.135 e. The van der Waals surface area contributed by atoms with Crippen LogP contribution in [0, 0.1) is 12.3 Å². The summed E-state index contributed by atoms with van der Waals surface area (Å²) in [7, 11) is 0. The molecule has 0 spiro atoms. The van der Waals surface area contributed by atoms with Crippen molar-refractivity contribution in [3.05, 3.63) is 0 Å². The molecule has 0 aliphatic carbocycles. The van der Waals surface area contributed by atoms with Crippen LogP contribution in [0.4, 0.5) is 0 Å². The van der Waals surface area contributed by atoms with Crippen LogP contribution in [0.5, 0.6) is 0 Å². The molecular weight excluding hydrogens is 150 g/mol. The highest BCUT2D eigenvalue weighted by Crippen LogP contribution is 2.11. The zero-order chi connectivity index (χ0) is 8.97. The SMILES string of the molecule is C#CCC(C)N1CCC(=O)CC1. The fraction of sp³-hybridized carbons (Fsp3) is 0.700. The lowest BCUT2D eigenvalue weighted by Crippen LogP contribution is -2.39. The van der Waals surface area contributed by atoms with Crippen LogP contribution in [0.3, 0.4) is 0 Å². The van der Waals surface area contributed by atoms with Gasteiger partial charge in [-0.05, 0) is 6.92 Å². The lowest BCUT2D eigenvalue weighted by molar-refractivity contribution is -0.121. The van der Waals surface area contributed by atoms with E-state index in [-0.39, 0.29) is 0 Å². The molecule has 0 aromatic rings. The molecule has 0 saturated carbocycles. The Hall–Kier alpha value is -0.810. The molecule has 0 N–H and O–H groups in total. The van der Waals surface area contributed by atoms with Crippen molar-refractivity contribution in [1.82, 2.24) is 4.90 Å². The number of hydrogen-bond donors (Lipinski definition) is 0. The van der Waals surface area contributed by atoms with E-state index in [4.69, 9.17) is 6.42 Å². The molecule has 66 valence electrons. The quantitative estimate of drug-likeness (QED) is 0.570. The van der Waals surface area contributed by atoms with Crippen LogP contribution in [0.25, 0.3) is 0 Å². The number of carbonyl (C=O) groups is 1. The molecule has 0 bridgehead atoms. The number of terminal acetylenes is 1. The van der Waals surface area contributed by atoms with Crippen molar-refractivity contribution in [3.63, 3.8) is 0 Å². The minimum Gasteiger partial charge on any atom is -0.300 e. The Labute approximate surface area is 73.9 Å². The van der Waals surface area contributed by atoms with Crippen molar-refractivity contribution < 1.29 is 4.79 Å². The van der Waals surface area contributed by atoms with Gasteiger partial charge in [-0.1, -0.05) is 0 Å². The monoisotopic (exact) mass is 165 g/mol. The van der Waals surface area contributed by atoms with Gasteiger partial charge in [0.1, 0.15) is 5.78 Å². The Morgan fingerprint density at radius 1 is 1.58 bits per heavy atom. The predicted molar refractivity (Wildman–Crippen MR) is 48.7 cm³/mol. The van der Waals surface area contributed by atoms with Gasteiger partial charge in [-0.25, -0.2) is 0 Å². The zero-order valence-electron chi connectivity index (χ0n) is 7.55. The molecule has 12 heavy (non-hydrogen) atoms. The Kier molecular flexibility index (Phi) is 3.31. The molecule has 1 fully saturated rings. The van der Waals surface area contributed by atoms with Gasteiger partial charge in [-0.3, -0.25) is 9.69 Å². The molecule has 1 atom stereocenters. The number of carbonyl (C=O) groups excluding carboxylic acids is 1. The first-order valence-electron chi connectivity index (χ1n) is 4.43. The summed E-state index contributed by atoms with van der Waals surface area (Å²) in [6.45, 7) is 3.90. The first-order chi connectivity index (χ1) is 5.74. The van der Waals surface area contributed by atoms with Crippen LogP contribution in [-0.4, -0.2) is 29.8 Å². The summed E-state index contributed by atoms with van der Waals surface area (Å²) in [5.74, 6) is 3.04. The Morgan fingerprint density at radius 3 is 2.67 bits per heavy atom. The summed E-state index contributed by atoms with van der Waals surface area (Å²) >= 11 is 0. The lowest BCUT2D eigenvalue weighted by atomic mass is 10.1. The van der Waals surface area contributed by atoms with Crippen LogP contribution in [0.2, 0.25) is 0 Å². The van der Waals surface area contributed by atoms with Gasteiger partial charge < -0.3 is 0 Å². The molecule has 1 aliphatic heterocycles. The second kappa shape index (κ2) is 4.27. The number of Topliss-reactive ketones (excluding diaryl/α,β-unsaturated/α-hetero) is 1. The normalized spacial score (nSPS) is 21.8. The van der Waals surface area contributed by atoms with Crippen molar-refractivity contribution in [3.8, 4) is 12.3 Å². The van der Waals surface area contributed by atoms with Gasteiger partial charge in [0.25, 0.3) is 0 Å². The molecule has 2 heteroatoms. The maximum absolute atomic E-state index is 10.9. The van der Waals surface area contributed by atoms with E-state index in [1.165, 1.54) is 0 Å². The minimum atomic E-state index is 0.388. The van der Waals surface area contributed by atoms with Gasteiger partial charge in [0, 0.05) is 38.4 Å². The summed E-state index contributed by atoms with van der Waals surface area (Å²) in [4.78, 5) is 13.2. The summed E-state index contributed by atoms with van der Waals surface area (Å²) in [5, 5.41) is 0. The number of nitrogens with zero attached hydrogens (tertiary/aromatic N) is 1. The minimum absolute atomic E-state index is 0.388. The van der Waals surface area contributed by atoms with E-state index in [9.17, 15) is 4.79 Å². The largest absolute Gasteiger partial charge is 0.300 e. The standard InChI is InChI=1S/C10H15NO/c1-3-4-9(2)11-7-5-10(12)6-8-11/h1,9H,4-8H2,2H3. The fourth-order valence-corrected chi connectivity index (χ4v) is 1.51. The summed E-state index contributed by atoms with van der Waals surface area (Å²) < 4.78 is 0. The third-order valence-electron chi connectivity index (χ3n) is 2.39. The number of piperidine rings is 1. The van der Waals surface area contributed by atoms with Gasteiger partial charge in [-0.2, -0.15) is 0 Å². The lowest BCUT2D eigenvalue weighted by Gasteiger charge is -2.30. The van der Waals surface area contributed by atoms with Crippen molar-refractivity contribution in [2.45, 2.75) is 32.2 Å². The average molecular weight is 165 g/mol. The number of likely N-dealkylation sites (tertiary alicyclic amines) is 1. The molecule has 1 rings (SSSR count). The third-order valence-corrected chi connectivity index (χ3v) is 2.39. The van der Waals surface area contributed by atoms with Crippen molar-refractivity contribution in [2.24, 2.45) is 0 Å². The topological polar surface area (TPSA) is 20.3 Å². The van der Waals surface area contributed by atoms with Gasteiger partial charge in [0.2, 0.25) is 0 Å². The van der Waals surface area contributed by atoms with Crippen LogP contribution in [0.15, 0.2) is 0 Å². The van der Waals surface area contributed by atoms with E-state index in [1.54, 1.807) is 0 Å². The van der Waals surface area contributed by atoms with Gasteiger partial charge in [-0.15, -0.1) is 12.3 Å². The number of ketones is 1. The van der Waals surface area contributed by atoms with Crippen LogP contribution >= 0.6 is 0 Å². The molecule has 1 heterocycles. The summed E-state index contributed by atoms with van der Waals surface area (Å²) in [6.07, 6.45) is 7.41. The maximum atomic E-state index is 10.9. The van der Waals surface area contributed by atoms with Crippen molar-refractivity contribution >= 4 is 5.78 Å². The molecule has 1 unspecified atom stereocenters. The highest BCUT2D eigenvalue weighted by Gasteiger charge is 2.19. The number of hydrogen-bond acceptors (Lipinski definition) is 2. The predicted octanol–water partition coefficient (Wildman–Crippen LogP) is 1.06. The second-order valence-electron chi connectivity index (χ2n) is 3.33. The van der Waals surface area contributed by atoms with E-state index in [2.05, 4.69) is 17.7 Å². The Bertz CT molecular complexity index is 194. The zero-order valence-corrected chi connectivity index (χ0v) is 7.55. The maximum Gasteiger partial charge on any atom is 0.135 e. The first-order valence-corrected chi connectivity index (χ1v) is 4.43. The van der Waals surface area contributed by atoms with Crippen LogP contribution < -0.4 is 0 Å². The molecule has 2 nitrogen and oxygen atoms in total. The van der Waals surface area contributed by atoms with E-state index >= 15 is 0 Å². The van der Waals surface area contributed by atoms with E-state index in [1.807, 2.05) is 0 Å². The third kappa shape index (κ3) is 2.35. The molecule has 1 saturated heterocycles.